The molecule has 3 aliphatic heterocycles. The lowest BCUT2D eigenvalue weighted by atomic mass is 9.74. The molecule has 7 atom stereocenters. The number of rotatable bonds is 6. The van der Waals surface area contributed by atoms with E-state index in [9.17, 15) is 14.4 Å². The van der Waals surface area contributed by atoms with E-state index in [4.69, 9.17) is 4.74 Å². The number of carbonyl (C=O) groups is 3. The minimum Gasteiger partial charge on any atom is -0.359 e. The van der Waals surface area contributed by atoms with Crippen molar-refractivity contribution in [3.8, 4) is 0 Å². The summed E-state index contributed by atoms with van der Waals surface area (Å²) in [5.74, 6) is -1.85. The molecule has 1 aromatic heterocycles. The molecule has 2 N–H and O–H groups in total. The summed E-state index contributed by atoms with van der Waals surface area (Å²) >= 11 is 0. The van der Waals surface area contributed by atoms with Crippen LogP contribution < -0.4 is 10.6 Å². The molecular weight excluding hydrogens is 480 g/mol. The van der Waals surface area contributed by atoms with Gasteiger partial charge < -0.3 is 20.3 Å². The van der Waals surface area contributed by atoms with Crippen LogP contribution in [0.3, 0.4) is 0 Å². The van der Waals surface area contributed by atoms with Crippen molar-refractivity contribution in [2.24, 2.45) is 17.8 Å². The molecule has 2 aromatic rings. The first kappa shape index (κ1) is 24.8. The molecule has 38 heavy (non-hydrogen) atoms. The molecule has 4 aliphatic rings. The number of hydrogen-bond donors (Lipinski definition) is 2. The Kier molecular flexibility index (Phi) is 6.30. The monoisotopic (exact) mass is 514 g/mol. The number of aromatic nitrogens is 1. The van der Waals surface area contributed by atoms with Crippen molar-refractivity contribution < 1.29 is 19.1 Å². The summed E-state index contributed by atoms with van der Waals surface area (Å²) < 4.78 is 6.46. The standard InChI is InChI=1S/C30H34N4O4/c1-18-7-5-10-21(15-18)32-27(35)24-23-12-13-30(38-23)25(24)29(37)34(17-20-9-6-14-31-16-20)26(30)28(36)33-22-11-4-3-8-19(22)2/h5-7,9-10,12-16,19,22-26H,3-4,8,11,17H2,1-2H3,(H,32,35)(H,33,36)/t19-,22+,23-,24+,25-,26-,30-/m1/s1. The van der Waals surface area contributed by atoms with E-state index in [2.05, 4.69) is 22.5 Å². The third-order valence-electron chi connectivity index (χ3n) is 8.73. The van der Waals surface area contributed by atoms with Crippen molar-refractivity contribution in [1.82, 2.24) is 15.2 Å². The Hall–Kier alpha value is -3.52. The molecule has 198 valence electrons. The van der Waals surface area contributed by atoms with Gasteiger partial charge in [0.25, 0.3) is 0 Å². The second-order valence-corrected chi connectivity index (χ2v) is 11.3. The largest absolute Gasteiger partial charge is 0.359 e. The molecule has 2 saturated heterocycles. The van der Waals surface area contributed by atoms with Crippen molar-refractivity contribution in [3.63, 3.8) is 0 Å². The molecule has 1 saturated carbocycles. The van der Waals surface area contributed by atoms with Gasteiger partial charge in [0.05, 0.1) is 17.9 Å². The smallest absolute Gasteiger partial charge is 0.246 e. The lowest BCUT2D eigenvalue weighted by molar-refractivity contribution is -0.142. The third-order valence-corrected chi connectivity index (χ3v) is 8.73. The van der Waals surface area contributed by atoms with E-state index >= 15 is 0 Å². The minimum absolute atomic E-state index is 0.0602. The van der Waals surface area contributed by atoms with Crippen LogP contribution in [0.4, 0.5) is 5.69 Å². The van der Waals surface area contributed by atoms with Crippen LogP contribution in [0.25, 0.3) is 0 Å². The zero-order chi connectivity index (χ0) is 26.4. The van der Waals surface area contributed by atoms with E-state index < -0.39 is 29.6 Å². The highest BCUT2D eigenvalue weighted by Crippen LogP contribution is 2.55. The van der Waals surface area contributed by atoms with Crippen LogP contribution in [-0.4, -0.2) is 51.4 Å². The van der Waals surface area contributed by atoms with Gasteiger partial charge in [0, 0.05) is 30.7 Å². The highest BCUT2D eigenvalue weighted by Gasteiger charge is 2.72. The summed E-state index contributed by atoms with van der Waals surface area (Å²) in [5.41, 5.74) is 1.34. The van der Waals surface area contributed by atoms with Gasteiger partial charge in [-0.05, 0) is 55.0 Å². The molecule has 3 fully saturated rings. The lowest BCUT2D eigenvalue weighted by Crippen LogP contribution is -2.57. The summed E-state index contributed by atoms with van der Waals surface area (Å²) in [4.78, 5) is 47.5. The molecule has 1 aromatic carbocycles. The van der Waals surface area contributed by atoms with Crippen LogP contribution in [0.15, 0.2) is 60.9 Å². The quantitative estimate of drug-likeness (QED) is 0.576. The summed E-state index contributed by atoms with van der Waals surface area (Å²) in [6.45, 7) is 4.35. The van der Waals surface area contributed by atoms with Gasteiger partial charge in [0.1, 0.15) is 11.6 Å². The average molecular weight is 515 g/mol. The third kappa shape index (κ3) is 4.11. The van der Waals surface area contributed by atoms with Gasteiger partial charge in [-0.3, -0.25) is 19.4 Å². The molecule has 1 spiro atoms. The van der Waals surface area contributed by atoms with E-state index in [0.717, 1.165) is 30.4 Å². The van der Waals surface area contributed by atoms with Gasteiger partial charge in [-0.25, -0.2) is 0 Å². The molecule has 1 aliphatic carbocycles. The number of pyridine rings is 1. The molecule has 2 bridgehead atoms. The van der Waals surface area contributed by atoms with Crippen molar-refractivity contribution in [2.45, 2.75) is 69.9 Å². The Morgan fingerprint density at radius 2 is 2.00 bits per heavy atom. The van der Waals surface area contributed by atoms with E-state index in [1.54, 1.807) is 17.3 Å². The van der Waals surface area contributed by atoms with E-state index in [0.29, 0.717) is 11.6 Å². The number of likely N-dealkylation sites (tertiary alicyclic amines) is 1. The second kappa shape index (κ2) is 9.66. The zero-order valence-electron chi connectivity index (χ0n) is 21.8. The minimum atomic E-state index is -1.18. The van der Waals surface area contributed by atoms with Crippen LogP contribution in [0.5, 0.6) is 0 Å². The molecular formula is C30H34N4O4. The van der Waals surface area contributed by atoms with Crippen LogP contribution >= 0.6 is 0 Å². The molecule has 0 radical (unpaired) electrons. The lowest BCUT2D eigenvalue weighted by Gasteiger charge is -2.36. The topological polar surface area (TPSA) is 101 Å². The van der Waals surface area contributed by atoms with Crippen LogP contribution in [0.1, 0.15) is 43.7 Å². The highest BCUT2D eigenvalue weighted by molar-refractivity contribution is 6.02. The fourth-order valence-corrected chi connectivity index (χ4v) is 6.87. The van der Waals surface area contributed by atoms with Crippen LogP contribution in [0, 0.1) is 24.7 Å². The molecule has 8 nitrogen and oxygen atoms in total. The highest BCUT2D eigenvalue weighted by atomic mass is 16.5. The maximum atomic E-state index is 14.1. The predicted octanol–water partition coefficient (Wildman–Crippen LogP) is 3.37. The number of nitrogens with zero attached hydrogens (tertiary/aromatic N) is 2. The SMILES string of the molecule is Cc1cccc(NC(=O)[C@H]2[C@H]3C=C[C@@]4(O3)[C@H]2C(=O)N(Cc2cccnc2)[C@@H]4C(=O)N[C@H]2CCCC[C@H]2C)c1. The van der Waals surface area contributed by atoms with Crippen molar-refractivity contribution in [2.75, 3.05) is 5.32 Å². The number of hydrogen-bond acceptors (Lipinski definition) is 5. The average Bonchev–Trinajstić information content (AvgIpc) is 3.54. The molecule has 8 heteroatoms. The number of amides is 3. The first-order valence-electron chi connectivity index (χ1n) is 13.6. The zero-order valence-corrected chi connectivity index (χ0v) is 21.8. The molecule has 3 amide bonds. The Bertz CT molecular complexity index is 1280. The number of benzene rings is 1. The number of aryl methyl sites for hydroxylation is 1. The maximum Gasteiger partial charge on any atom is 0.246 e. The summed E-state index contributed by atoms with van der Waals surface area (Å²) in [6, 6.07) is 10.5. The number of carbonyl (C=O) groups excluding carboxylic acids is 3. The van der Waals surface area contributed by atoms with Gasteiger partial charge in [0.15, 0.2) is 0 Å². The van der Waals surface area contributed by atoms with Crippen LogP contribution in [0.2, 0.25) is 0 Å². The molecule has 6 rings (SSSR count). The van der Waals surface area contributed by atoms with Crippen molar-refractivity contribution in [3.05, 3.63) is 72.1 Å². The van der Waals surface area contributed by atoms with Crippen molar-refractivity contribution in [1.29, 1.82) is 0 Å². The number of anilines is 1. The second-order valence-electron chi connectivity index (χ2n) is 11.3. The number of fused-ring (bicyclic) bond motifs is 1. The maximum absolute atomic E-state index is 14.1. The summed E-state index contributed by atoms with van der Waals surface area (Å²) in [6.07, 6.45) is 10.8. The van der Waals surface area contributed by atoms with E-state index in [-0.39, 0.29) is 30.3 Å². The Labute approximate surface area is 222 Å². The Balaban J connectivity index is 1.33. The van der Waals surface area contributed by atoms with Crippen LogP contribution in [-0.2, 0) is 25.7 Å². The van der Waals surface area contributed by atoms with Gasteiger partial charge in [-0.1, -0.05) is 50.1 Å². The number of ether oxygens (including phenoxy) is 1. The van der Waals surface area contributed by atoms with E-state index in [1.807, 2.05) is 55.5 Å². The fourth-order valence-electron chi connectivity index (χ4n) is 6.87. The van der Waals surface area contributed by atoms with Gasteiger partial charge >= 0.3 is 0 Å². The first-order valence-corrected chi connectivity index (χ1v) is 13.6. The first-order chi connectivity index (χ1) is 18.4. The van der Waals surface area contributed by atoms with Gasteiger partial charge in [0.2, 0.25) is 17.7 Å². The predicted molar refractivity (Wildman–Crippen MR) is 142 cm³/mol. The Morgan fingerprint density at radius 3 is 2.76 bits per heavy atom. The van der Waals surface area contributed by atoms with Gasteiger partial charge in [-0.2, -0.15) is 0 Å². The normalized spacial score (nSPS) is 33.3. The van der Waals surface area contributed by atoms with Crippen molar-refractivity contribution >= 4 is 23.4 Å². The van der Waals surface area contributed by atoms with E-state index in [1.165, 1.54) is 6.42 Å². The molecule has 0 unspecified atom stereocenters. The Morgan fingerprint density at radius 1 is 1.16 bits per heavy atom. The number of nitrogens with one attached hydrogen (secondary N) is 2. The summed E-state index contributed by atoms with van der Waals surface area (Å²) in [5, 5.41) is 6.25. The fraction of sp³-hybridized carbons (Fsp3) is 0.467. The molecule has 4 heterocycles. The summed E-state index contributed by atoms with van der Waals surface area (Å²) in [7, 11) is 0. The van der Waals surface area contributed by atoms with Gasteiger partial charge in [-0.15, -0.1) is 0 Å².